The van der Waals surface area contributed by atoms with Crippen LogP contribution in [-0.2, 0) is 10.4 Å². The normalized spacial score (nSPS) is 13.7. The van der Waals surface area contributed by atoms with E-state index < -0.39 is 5.60 Å². The van der Waals surface area contributed by atoms with Crippen molar-refractivity contribution in [1.82, 2.24) is 0 Å². The molecule has 0 radical (unpaired) electrons. The lowest BCUT2D eigenvalue weighted by Gasteiger charge is -2.20. The molecule has 3 heteroatoms. The lowest BCUT2D eigenvalue weighted by Crippen LogP contribution is -2.21. The van der Waals surface area contributed by atoms with Gasteiger partial charge in [0.05, 0.1) is 0 Å². The molecule has 0 bridgehead atoms. The number of terminal acetylenes is 1. The van der Waals surface area contributed by atoms with Gasteiger partial charge in [0, 0.05) is 18.2 Å². The van der Waals surface area contributed by atoms with Crippen molar-refractivity contribution in [3.63, 3.8) is 0 Å². The lowest BCUT2D eigenvalue weighted by atomic mass is 9.95. The summed E-state index contributed by atoms with van der Waals surface area (Å²) in [6.45, 7) is 2.91. The van der Waals surface area contributed by atoms with Crippen molar-refractivity contribution in [3.8, 4) is 12.3 Å². The van der Waals surface area contributed by atoms with Crippen LogP contribution >= 0.6 is 0 Å². The van der Waals surface area contributed by atoms with Gasteiger partial charge in [-0.15, -0.1) is 6.42 Å². The van der Waals surface area contributed by atoms with Crippen LogP contribution < -0.4 is 5.32 Å². The van der Waals surface area contributed by atoms with Gasteiger partial charge in [0.25, 0.3) is 0 Å². The van der Waals surface area contributed by atoms with Gasteiger partial charge in [0.1, 0.15) is 5.60 Å². The molecule has 78 valence electrons. The van der Waals surface area contributed by atoms with Gasteiger partial charge in [-0.05, 0) is 13.0 Å². The topological polar surface area (TPSA) is 49.3 Å². The molecule has 1 atom stereocenters. The molecule has 0 heterocycles. The second-order valence-corrected chi connectivity index (χ2v) is 3.44. The Morgan fingerprint density at radius 1 is 1.53 bits per heavy atom. The predicted molar refractivity (Wildman–Crippen MR) is 59.1 cm³/mol. The number of nitrogens with one attached hydrogen (secondary N) is 1. The van der Waals surface area contributed by atoms with Crippen molar-refractivity contribution in [2.45, 2.75) is 19.4 Å². The number of hydrogen-bond donors (Lipinski definition) is 2. The van der Waals surface area contributed by atoms with Gasteiger partial charge < -0.3 is 10.4 Å². The summed E-state index contributed by atoms with van der Waals surface area (Å²) in [6.07, 6.45) is 5.23. The van der Waals surface area contributed by atoms with Gasteiger partial charge in [0.15, 0.2) is 0 Å². The summed E-state index contributed by atoms with van der Waals surface area (Å²) in [5.74, 6) is 2.08. The zero-order valence-corrected chi connectivity index (χ0v) is 8.74. The molecular weight excluding hydrogens is 190 g/mol. The summed E-state index contributed by atoms with van der Waals surface area (Å²) in [7, 11) is 0. The number of anilines is 1. The van der Waals surface area contributed by atoms with E-state index in [4.69, 9.17) is 6.42 Å². The first kappa shape index (κ1) is 11.3. The Hall–Kier alpha value is -1.79. The molecule has 0 aliphatic carbocycles. The summed E-state index contributed by atoms with van der Waals surface area (Å²) < 4.78 is 0. The van der Waals surface area contributed by atoms with E-state index in [-0.39, 0.29) is 5.91 Å². The fourth-order valence-corrected chi connectivity index (χ4v) is 1.28. The lowest BCUT2D eigenvalue weighted by molar-refractivity contribution is -0.114. The zero-order chi connectivity index (χ0) is 11.5. The maximum Gasteiger partial charge on any atom is 0.221 e. The van der Waals surface area contributed by atoms with Crippen LogP contribution in [0.25, 0.3) is 0 Å². The van der Waals surface area contributed by atoms with Crippen molar-refractivity contribution in [2.24, 2.45) is 0 Å². The number of benzene rings is 1. The SMILES string of the molecule is C#CC(C)(O)c1ccccc1NC(C)=O. The van der Waals surface area contributed by atoms with Crippen molar-refractivity contribution in [3.05, 3.63) is 29.8 Å². The third-order valence-electron chi connectivity index (χ3n) is 2.04. The van der Waals surface area contributed by atoms with E-state index in [1.54, 1.807) is 24.3 Å². The summed E-state index contributed by atoms with van der Waals surface area (Å²) >= 11 is 0. The van der Waals surface area contributed by atoms with Gasteiger partial charge >= 0.3 is 0 Å². The smallest absolute Gasteiger partial charge is 0.221 e. The Bertz CT molecular complexity index is 416. The molecule has 0 saturated heterocycles. The number of amides is 1. The van der Waals surface area contributed by atoms with Gasteiger partial charge in [-0.1, -0.05) is 24.1 Å². The van der Waals surface area contributed by atoms with Crippen LogP contribution in [0.4, 0.5) is 5.69 Å². The molecule has 1 unspecified atom stereocenters. The fourth-order valence-electron chi connectivity index (χ4n) is 1.28. The summed E-state index contributed by atoms with van der Waals surface area (Å²) in [4.78, 5) is 10.9. The summed E-state index contributed by atoms with van der Waals surface area (Å²) in [6, 6.07) is 6.90. The highest BCUT2D eigenvalue weighted by Crippen LogP contribution is 2.27. The molecule has 15 heavy (non-hydrogen) atoms. The monoisotopic (exact) mass is 203 g/mol. The third-order valence-corrected chi connectivity index (χ3v) is 2.04. The zero-order valence-electron chi connectivity index (χ0n) is 8.74. The molecule has 0 aromatic heterocycles. The Morgan fingerprint density at radius 3 is 2.67 bits per heavy atom. The standard InChI is InChI=1S/C12H13NO2/c1-4-12(3,15)10-7-5-6-8-11(10)13-9(2)14/h1,5-8,15H,2-3H3,(H,13,14). The number of aliphatic hydroxyl groups is 1. The third kappa shape index (κ3) is 2.58. The second kappa shape index (κ2) is 4.16. The van der Waals surface area contributed by atoms with E-state index >= 15 is 0 Å². The Balaban J connectivity index is 3.19. The van der Waals surface area contributed by atoms with Crippen LogP contribution in [0.15, 0.2) is 24.3 Å². The fraction of sp³-hybridized carbons (Fsp3) is 0.250. The minimum Gasteiger partial charge on any atom is -0.374 e. The van der Waals surface area contributed by atoms with Crippen LogP contribution in [0.5, 0.6) is 0 Å². The largest absolute Gasteiger partial charge is 0.374 e. The van der Waals surface area contributed by atoms with Crippen molar-refractivity contribution in [2.75, 3.05) is 5.32 Å². The predicted octanol–water partition coefficient (Wildman–Crippen LogP) is 1.49. The summed E-state index contributed by atoms with van der Waals surface area (Å²) in [5.41, 5.74) is -0.324. The van der Waals surface area contributed by atoms with Crippen molar-refractivity contribution >= 4 is 11.6 Å². The van der Waals surface area contributed by atoms with Crippen molar-refractivity contribution < 1.29 is 9.90 Å². The Kier molecular flexibility index (Phi) is 3.13. The van der Waals surface area contributed by atoms with E-state index in [9.17, 15) is 9.90 Å². The van der Waals surface area contributed by atoms with Gasteiger partial charge in [-0.3, -0.25) is 4.79 Å². The van der Waals surface area contributed by atoms with Gasteiger partial charge in [-0.25, -0.2) is 0 Å². The van der Waals surface area contributed by atoms with Gasteiger partial charge in [-0.2, -0.15) is 0 Å². The van der Waals surface area contributed by atoms with Crippen LogP contribution in [0, 0.1) is 12.3 Å². The molecule has 0 fully saturated rings. The van der Waals surface area contributed by atoms with Crippen LogP contribution in [0.3, 0.4) is 0 Å². The molecule has 0 spiro atoms. The maximum atomic E-state index is 10.9. The highest BCUT2D eigenvalue weighted by Gasteiger charge is 2.22. The number of carbonyl (C=O) groups excluding carboxylic acids is 1. The number of para-hydroxylation sites is 1. The molecule has 0 saturated carbocycles. The van der Waals surface area contributed by atoms with Crippen LogP contribution in [-0.4, -0.2) is 11.0 Å². The van der Waals surface area contributed by atoms with E-state index in [0.29, 0.717) is 11.3 Å². The molecule has 0 aliphatic heterocycles. The highest BCUT2D eigenvalue weighted by atomic mass is 16.3. The molecule has 1 rings (SSSR count). The van der Waals surface area contributed by atoms with E-state index in [1.807, 2.05) is 0 Å². The minimum absolute atomic E-state index is 0.199. The molecular formula is C12H13NO2. The number of carbonyl (C=O) groups is 1. The van der Waals surface area contributed by atoms with Crippen molar-refractivity contribution in [1.29, 1.82) is 0 Å². The minimum atomic E-state index is -1.38. The number of hydrogen-bond acceptors (Lipinski definition) is 2. The van der Waals surface area contributed by atoms with E-state index in [1.165, 1.54) is 13.8 Å². The number of rotatable bonds is 2. The Morgan fingerprint density at radius 2 is 2.13 bits per heavy atom. The van der Waals surface area contributed by atoms with Crippen LogP contribution in [0.1, 0.15) is 19.4 Å². The maximum absolute atomic E-state index is 10.9. The Labute approximate surface area is 89.1 Å². The molecule has 2 N–H and O–H groups in total. The quantitative estimate of drug-likeness (QED) is 0.715. The first-order valence-corrected chi connectivity index (χ1v) is 4.54. The van der Waals surface area contributed by atoms with E-state index in [0.717, 1.165) is 0 Å². The molecule has 0 aliphatic rings. The molecule has 1 amide bonds. The van der Waals surface area contributed by atoms with Crippen LogP contribution in [0.2, 0.25) is 0 Å². The second-order valence-electron chi connectivity index (χ2n) is 3.44. The van der Waals surface area contributed by atoms with Gasteiger partial charge in [0.2, 0.25) is 5.91 Å². The molecule has 1 aromatic rings. The first-order chi connectivity index (χ1) is 6.97. The molecule has 3 nitrogen and oxygen atoms in total. The molecule has 1 aromatic carbocycles. The average molecular weight is 203 g/mol. The summed E-state index contributed by atoms with van der Waals surface area (Å²) in [5, 5.41) is 12.5. The highest BCUT2D eigenvalue weighted by molar-refractivity contribution is 5.89. The average Bonchev–Trinajstić information content (AvgIpc) is 2.17. The van der Waals surface area contributed by atoms with E-state index in [2.05, 4.69) is 11.2 Å². The first-order valence-electron chi connectivity index (χ1n) is 4.54.